The highest BCUT2D eigenvalue weighted by Crippen LogP contribution is 2.27. The molecule has 0 bridgehead atoms. The molecular formula is C34H36FN3O5S. The minimum Gasteiger partial charge on any atom is -0.497 e. The molecule has 2 amide bonds. The van der Waals surface area contributed by atoms with Crippen LogP contribution in [0.4, 0.5) is 10.1 Å². The molecule has 0 saturated heterocycles. The maximum atomic E-state index is 14.9. The van der Waals surface area contributed by atoms with Crippen LogP contribution in [0.15, 0.2) is 108 Å². The number of carbonyl (C=O) groups is 2. The summed E-state index contributed by atoms with van der Waals surface area (Å²) in [5, 5.41) is 2.79. The molecule has 44 heavy (non-hydrogen) atoms. The number of anilines is 1. The number of likely N-dealkylation sites (N-methyl/N-ethyl adjacent to an activating group) is 1. The molecule has 230 valence electrons. The van der Waals surface area contributed by atoms with Crippen LogP contribution in [-0.4, -0.2) is 51.4 Å². The van der Waals surface area contributed by atoms with E-state index >= 15 is 0 Å². The van der Waals surface area contributed by atoms with E-state index in [9.17, 15) is 22.4 Å². The molecule has 4 aromatic carbocycles. The molecule has 0 saturated carbocycles. The third kappa shape index (κ3) is 7.82. The molecule has 0 aromatic heterocycles. The van der Waals surface area contributed by atoms with Crippen molar-refractivity contribution in [3.05, 3.63) is 126 Å². The van der Waals surface area contributed by atoms with Gasteiger partial charge in [0.25, 0.3) is 10.0 Å². The van der Waals surface area contributed by atoms with Gasteiger partial charge in [-0.3, -0.25) is 13.9 Å². The van der Waals surface area contributed by atoms with Crippen molar-refractivity contribution in [3.63, 3.8) is 0 Å². The van der Waals surface area contributed by atoms with Crippen molar-refractivity contribution in [2.45, 2.75) is 37.8 Å². The summed E-state index contributed by atoms with van der Waals surface area (Å²) in [4.78, 5) is 29.0. The summed E-state index contributed by atoms with van der Waals surface area (Å²) in [6, 6.07) is 26.7. The maximum Gasteiger partial charge on any atom is 0.264 e. The van der Waals surface area contributed by atoms with Gasteiger partial charge in [-0.25, -0.2) is 12.8 Å². The Morgan fingerprint density at radius 2 is 1.52 bits per heavy atom. The number of nitrogens with one attached hydrogen (secondary N) is 1. The normalized spacial score (nSPS) is 11.8. The molecule has 0 aliphatic rings. The number of sulfonamides is 1. The van der Waals surface area contributed by atoms with Gasteiger partial charge in [0.05, 0.1) is 17.7 Å². The Labute approximate surface area is 258 Å². The maximum absolute atomic E-state index is 14.9. The molecule has 1 unspecified atom stereocenters. The summed E-state index contributed by atoms with van der Waals surface area (Å²) in [5.74, 6) is -1.16. The third-order valence-electron chi connectivity index (χ3n) is 7.17. The van der Waals surface area contributed by atoms with Crippen molar-refractivity contribution in [3.8, 4) is 5.75 Å². The first kappa shape index (κ1) is 32.2. The van der Waals surface area contributed by atoms with Gasteiger partial charge in [0.15, 0.2) is 0 Å². The van der Waals surface area contributed by atoms with E-state index in [-0.39, 0.29) is 29.1 Å². The summed E-state index contributed by atoms with van der Waals surface area (Å²) in [5.41, 5.74) is 2.16. The van der Waals surface area contributed by atoms with E-state index in [1.54, 1.807) is 43.3 Å². The lowest BCUT2D eigenvalue weighted by molar-refractivity contribution is -0.140. The van der Waals surface area contributed by atoms with E-state index in [4.69, 9.17) is 4.74 Å². The van der Waals surface area contributed by atoms with Gasteiger partial charge < -0.3 is 15.0 Å². The zero-order valence-corrected chi connectivity index (χ0v) is 25.8. The molecular weight excluding hydrogens is 581 g/mol. The number of hydrogen-bond donors (Lipinski definition) is 1. The van der Waals surface area contributed by atoms with Crippen LogP contribution in [0.3, 0.4) is 0 Å². The number of benzene rings is 4. The standard InChI is InChI=1S/C34H36FN3O5S/c1-4-36-34(40)32(22-26-10-6-5-7-11-26)37(23-27-12-8-9-13-31(27)35)33(39)24-38(28-16-14-25(2)15-17-28)44(41,42)30-20-18-29(43-3)19-21-30/h5-21,32H,4,22-24H2,1-3H3,(H,36,40). The first-order chi connectivity index (χ1) is 21.1. The Balaban J connectivity index is 1.80. The SMILES string of the molecule is CCNC(=O)C(Cc1ccccc1)N(Cc1ccccc1F)C(=O)CN(c1ccc(C)cc1)S(=O)(=O)c1ccc(OC)cc1. The van der Waals surface area contributed by atoms with E-state index in [0.717, 1.165) is 15.4 Å². The summed E-state index contributed by atoms with van der Waals surface area (Å²) >= 11 is 0. The summed E-state index contributed by atoms with van der Waals surface area (Å²) in [6.07, 6.45) is 0.141. The Kier molecular flexibility index (Phi) is 10.7. The highest BCUT2D eigenvalue weighted by Gasteiger charge is 2.34. The lowest BCUT2D eigenvalue weighted by Gasteiger charge is -2.34. The van der Waals surface area contributed by atoms with Gasteiger partial charge in [-0.05, 0) is 61.9 Å². The number of amides is 2. The van der Waals surface area contributed by atoms with Gasteiger partial charge in [-0.2, -0.15) is 0 Å². The first-order valence-electron chi connectivity index (χ1n) is 14.2. The second-order valence-corrected chi connectivity index (χ2v) is 12.1. The van der Waals surface area contributed by atoms with Crippen molar-refractivity contribution in [1.82, 2.24) is 10.2 Å². The topological polar surface area (TPSA) is 96.0 Å². The predicted molar refractivity (Wildman–Crippen MR) is 168 cm³/mol. The summed E-state index contributed by atoms with van der Waals surface area (Å²) in [6.45, 7) is 3.07. The number of halogens is 1. The van der Waals surface area contributed by atoms with E-state index in [2.05, 4.69) is 5.32 Å². The molecule has 0 radical (unpaired) electrons. The van der Waals surface area contributed by atoms with Crippen molar-refractivity contribution < 1.29 is 27.1 Å². The first-order valence-corrected chi connectivity index (χ1v) is 15.7. The van der Waals surface area contributed by atoms with Gasteiger partial charge in [-0.15, -0.1) is 0 Å². The van der Waals surface area contributed by atoms with E-state index < -0.39 is 40.2 Å². The molecule has 0 spiro atoms. The molecule has 0 heterocycles. The van der Waals surface area contributed by atoms with E-state index in [1.165, 1.54) is 48.4 Å². The fourth-order valence-corrected chi connectivity index (χ4v) is 6.18. The average molecular weight is 618 g/mol. The molecule has 10 heteroatoms. The van der Waals surface area contributed by atoms with Crippen LogP contribution < -0.4 is 14.4 Å². The quantitative estimate of drug-likeness (QED) is 0.225. The molecule has 0 aliphatic heterocycles. The number of rotatable bonds is 13. The van der Waals surface area contributed by atoms with Gasteiger partial charge in [0, 0.05) is 25.1 Å². The van der Waals surface area contributed by atoms with Gasteiger partial charge in [-0.1, -0.05) is 66.2 Å². The van der Waals surface area contributed by atoms with Crippen molar-refractivity contribution in [1.29, 1.82) is 0 Å². The number of ether oxygens (including phenoxy) is 1. The molecule has 0 aliphatic carbocycles. The van der Waals surface area contributed by atoms with Crippen molar-refractivity contribution >= 4 is 27.5 Å². The minimum absolute atomic E-state index is 0.0445. The summed E-state index contributed by atoms with van der Waals surface area (Å²) in [7, 11) is -2.78. The molecule has 0 fully saturated rings. The lowest BCUT2D eigenvalue weighted by atomic mass is 10.0. The molecule has 4 aromatic rings. The summed E-state index contributed by atoms with van der Waals surface area (Å²) < 4.78 is 49.3. The van der Waals surface area contributed by atoms with Crippen LogP contribution >= 0.6 is 0 Å². The number of hydrogen-bond acceptors (Lipinski definition) is 5. The van der Waals surface area contributed by atoms with Gasteiger partial charge >= 0.3 is 0 Å². The molecule has 8 nitrogen and oxygen atoms in total. The highest BCUT2D eigenvalue weighted by atomic mass is 32.2. The number of nitrogens with zero attached hydrogens (tertiary/aromatic N) is 2. The fourth-order valence-electron chi connectivity index (χ4n) is 4.77. The predicted octanol–water partition coefficient (Wildman–Crippen LogP) is 5.11. The Bertz CT molecular complexity index is 1660. The van der Waals surface area contributed by atoms with Crippen LogP contribution in [0.5, 0.6) is 5.75 Å². The molecule has 1 atom stereocenters. The van der Waals surface area contributed by atoms with Crippen LogP contribution in [0, 0.1) is 12.7 Å². The second-order valence-electron chi connectivity index (χ2n) is 10.2. The van der Waals surface area contributed by atoms with Gasteiger partial charge in [0.1, 0.15) is 24.2 Å². The monoisotopic (exact) mass is 617 g/mol. The zero-order valence-electron chi connectivity index (χ0n) is 24.9. The van der Waals surface area contributed by atoms with E-state index in [1.807, 2.05) is 37.3 Å². The number of carbonyl (C=O) groups excluding carboxylic acids is 2. The Morgan fingerprint density at radius 3 is 2.14 bits per heavy atom. The second kappa shape index (κ2) is 14.7. The third-order valence-corrected chi connectivity index (χ3v) is 8.96. The van der Waals surface area contributed by atoms with Crippen molar-refractivity contribution in [2.24, 2.45) is 0 Å². The Hall–Kier alpha value is -4.70. The van der Waals surface area contributed by atoms with E-state index in [0.29, 0.717) is 12.3 Å². The van der Waals surface area contributed by atoms with Crippen LogP contribution in [0.25, 0.3) is 0 Å². The van der Waals surface area contributed by atoms with Crippen LogP contribution in [0.1, 0.15) is 23.6 Å². The fraction of sp³-hybridized carbons (Fsp3) is 0.235. The average Bonchev–Trinajstić information content (AvgIpc) is 3.03. The van der Waals surface area contributed by atoms with Crippen LogP contribution in [0.2, 0.25) is 0 Å². The lowest BCUT2D eigenvalue weighted by Crippen LogP contribution is -2.53. The zero-order chi connectivity index (χ0) is 31.7. The minimum atomic E-state index is -4.26. The largest absolute Gasteiger partial charge is 0.497 e. The highest BCUT2D eigenvalue weighted by molar-refractivity contribution is 7.92. The molecule has 1 N–H and O–H groups in total. The Morgan fingerprint density at radius 1 is 0.886 bits per heavy atom. The number of methoxy groups -OCH3 is 1. The molecule has 4 rings (SSSR count). The smallest absolute Gasteiger partial charge is 0.264 e. The van der Waals surface area contributed by atoms with Gasteiger partial charge in [0.2, 0.25) is 11.8 Å². The van der Waals surface area contributed by atoms with Crippen LogP contribution in [-0.2, 0) is 32.6 Å². The number of aryl methyl sites for hydroxylation is 1. The van der Waals surface area contributed by atoms with Crippen molar-refractivity contribution in [2.75, 3.05) is 24.5 Å².